The molecular weight excluding hydrogens is 340 g/mol. The molecule has 0 aliphatic heterocycles. The smallest absolute Gasteiger partial charge is 0.326 e. The number of carbonyl (C=O) groups is 1. The van der Waals surface area contributed by atoms with Crippen molar-refractivity contribution in [1.29, 1.82) is 0 Å². The van der Waals surface area contributed by atoms with E-state index in [2.05, 4.69) is 41.1 Å². The molecule has 2 aromatic carbocycles. The molecule has 0 bridgehead atoms. The summed E-state index contributed by atoms with van der Waals surface area (Å²) in [6.07, 6.45) is 2.09. The topological polar surface area (TPSA) is 49.7 Å². The van der Waals surface area contributed by atoms with Crippen LogP contribution in [0.15, 0.2) is 54.7 Å². The van der Waals surface area contributed by atoms with E-state index in [-0.39, 0.29) is 6.03 Å². The van der Waals surface area contributed by atoms with Gasteiger partial charge in [0.25, 0.3) is 0 Å². The third-order valence-electron chi connectivity index (χ3n) is 4.57. The minimum atomic E-state index is -0.188. The molecule has 3 aromatic rings. The van der Waals surface area contributed by atoms with Gasteiger partial charge in [-0.2, -0.15) is 0 Å². The van der Waals surface area contributed by atoms with Crippen molar-refractivity contribution in [1.82, 2.24) is 9.47 Å². The standard InChI is InChI=1S/C21H26N4O2/c1-23(2)13-14-25-12-11-16-15-17(5-10-20(16)25)22-21(26)24(3)18-6-8-19(27-4)9-7-18/h5-12,15H,13-14H2,1-4H3,(H,22,26). The van der Waals surface area contributed by atoms with Crippen molar-refractivity contribution >= 4 is 28.3 Å². The second-order valence-electron chi connectivity index (χ2n) is 6.77. The van der Waals surface area contributed by atoms with Crippen LogP contribution in [-0.2, 0) is 6.54 Å². The van der Waals surface area contributed by atoms with Gasteiger partial charge in [-0.3, -0.25) is 4.90 Å². The lowest BCUT2D eigenvalue weighted by molar-refractivity contribution is 0.258. The predicted molar refractivity (Wildman–Crippen MR) is 111 cm³/mol. The number of nitrogens with zero attached hydrogens (tertiary/aromatic N) is 3. The SMILES string of the molecule is COc1ccc(N(C)C(=O)Nc2ccc3c(ccn3CCN(C)C)c2)cc1. The third-order valence-corrected chi connectivity index (χ3v) is 4.57. The van der Waals surface area contributed by atoms with E-state index in [1.807, 2.05) is 42.5 Å². The van der Waals surface area contributed by atoms with Gasteiger partial charge in [-0.15, -0.1) is 0 Å². The zero-order valence-corrected chi connectivity index (χ0v) is 16.3. The highest BCUT2D eigenvalue weighted by Crippen LogP contribution is 2.22. The Morgan fingerprint density at radius 2 is 1.81 bits per heavy atom. The molecule has 0 radical (unpaired) electrons. The van der Waals surface area contributed by atoms with Crippen molar-refractivity contribution in [3.05, 3.63) is 54.7 Å². The van der Waals surface area contributed by atoms with Crippen LogP contribution in [0.1, 0.15) is 0 Å². The number of hydrogen-bond acceptors (Lipinski definition) is 3. The second kappa shape index (κ2) is 8.14. The summed E-state index contributed by atoms with van der Waals surface area (Å²) in [5, 5.41) is 4.07. The van der Waals surface area contributed by atoms with Gasteiger partial charge < -0.3 is 19.5 Å². The molecule has 1 heterocycles. The van der Waals surface area contributed by atoms with Gasteiger partial charge >= 0.3 is 6.03 Å². The van der Waals surface area contributed by atoms with Crippen molar-refractivity contribution in [2.75, 3.05) is 45.0 Å². The summed E-state index contributed by atoms with van der Waals surface area (Å²) in [6, 6.07) is 15.3. The summed E-state index contributed by atoms with van der Waals surface area (Å²) in [7, 11) is 7.50. The first-order valence-electron chi connectivity index (χ1n) is 8.90. The lowest BCUT2D eigenvalue weighted by Gasteiger charge is -2.18. The molecule has 27 heavy (non-hydrogen) atoms. The molecule has 6 nitrogen and oxygen atoms in total. The van der Waals surface area contributed by atoms with Crippen LogP contribution in [-0.4, -0.2) is 50.3 Å². The molecule has 2 amide bonds. The highest BCUT2D eigenvalue weighted by molar-refractivity contribution is 6.02. The molecule has 0 spiro atoms. The van der Waals surface area contributed by atoms with Crippen molar-refractivity contribution in [3.8, 4) is 5.75 Å². The number of likely N-dealkylation sites (N-methyl/N-ethyl adjacent to an activating group) is 1. The van der Waals surface area contributed by atoms with E-state index < -0.39 is 0 Å². The molecule has 0 saturated carbocycles. The van der Waals surface area contributed by atoms with Crippen LogP contribution in [0.5, 0.6) is 5.75 Å². The zero-order chi connectivity index (χ0) is 19.4. The molecule has 0 saturated heterocycles. The molecule has 0 unspecified atom stereocenters. The first-order chi connectivity index (χ1) is 13.0. The molecule has 0 atom stereocenters. The maximum Gasteiger partial charge on any atom is 0.326 e. The normalized spacial score (nSPS) is 11.0. The fourth-order valence-corrected chi connectivity index (χ4v) is 2.91. The number of rotatable bonds is 6. The number of methoxy groups -OCH3 is 1. The Kier molecular flexibility index (Phi) is 5.66. The molecule has 142 valence electrons. The van der Waals surface area contributed by atoms with E-state index in [9.17, 15) is 4.79 Å². The van der Waals surface area contributed by atoms with Crippen LogP contribution in [0.25, 0.3) is 10.9 Å². The minimum absolute atomic E-state index is 0.188. The van der Waals surface area contributed by atoms with Gasteiger partial charge in [0, 0.05) is 48.6 Å². The Balaban J connectivity index is 1.70. The number of fused-ring (bicyclic) bond motifs is 1. The molecule has 3 rings (SSSR count). The van der Waals surface area contributed by atoms with E-state index >= 15 is 0 Å². The molecule has 0 aliphatic carbocycles. The van der Waals surface area contributed by atoms with E-state index in [1.54, 1.807) is 19.1 Å². The number of benzene rings is 2. The third kappa shape index (κ3) is 4.41. The first-order valence-corrected chi connectivity index (χ1v) is 8.90. The Hall–Kier alpha value is -2.99. The summed E-state index contributed by atoms with van der Waals surface area (Å²) < 4.78 is 7.38. The molecular formula is C21H26N4O2. The molecule has 0 fully saturated rings. The number of anilines is 2. The molecule has 1 aromatic heterocycles. The summed E-state index contributed by atoms with van der Waals surface area (Å²) in [5.41, 5.74) is 2.74. The summed E-state index contributed by atoms with van der Waals surface area (Å²) in [4.78, 5) is 16.3. The minimum Gasteiger partial charge on any atom is -0.497 e. The van der Waals surface area contributed by atoms with Gasteiger partial charge in [-0.05, 0) is 62.6 Å². The fraction of sp³-hybridized carbons (Fsp3) is 0.286. The van der Waals surface area contributed by atoms with Crippen LogP contribution in [0, 0.1) is 0 Å². The van der Waals surface area contributed by atoms with Crippen molar-refractivity contribution in [3.63, 3.8) is 0 Å². The van der Waals surface area contributed by atoms with Crippen LogP contribution >= 0.6 is 0 Å². The largest absolute Gasteiger partial charge is 0.497 e. The van der Waals surface area contributed by atoms with Gasteiger partial charge in [0.15, 0.2) is 0 Å². The van der Waals surface area contributed by atoms with Crippen molar-refractivity contribution in [2.45, 2.75) is 6.54 Å². The lowest BCUT2D eigenvalue weighted by atomic mass is 10.2. The number of hydrogen-bond donors (Lipinski definition) is 1. The number of carbonyl (C=O) groups excluding carboxylic acids is 1. The van der Waals surface area contributed by atoms with Gasteiger partial charge in [0.05, 0.1) is 7.11 Å². The Bertz CT molecular complexity index is 916. The Labute approximate surface area is 159 Å². The number of amides is 2. The number of nitrogens with one attached hydrogen (secondary N) is 1. The Morgan fingerprint density at radius 1 is 1.07 bits per heavy atom. The highest BCUT2D eigenvalue weighted by Gasteiger charge is 2.12. The number of urea groups is 1. The molecule has 6 heteroatoms. The van der Waals surface area contributed by atoms with Crippen LogP contribution in [0.4, 0.5) is 16.2 Å². The summed E-state index contributed by atoms with van der Waals surface area (Å²) in [6.45, 7) is 1.91. The summed E-state index contributed by atoms with van der Waals surface area (Å²) in [5.74, 6) is 0.761. The molecule has 0 aliphatic rings. The average Bonchev–Trinajstić information content (AvgIpc) is 3.08. The van der Waals surface area contributed by atoms with Crippen LogP contribution in [0.3, 0.4) is 0 Å². The van der Waals surface area contributed by atoms with E-state index in [0.29, 0.717) is 0 Å². The van der Waals surface area contributed by atoms with Crippen molar-refractivity contribution in [2.24, 2.45) is 0 Å². The molecule has 1 N–H and O–H groups in total. The number of ether oxygens (including phenoxy) is 1. The summed E-state index contributed by atoms with van der Waals surface area (Å²) >= 11 is 0. The zero-order valence-electron chi connectivity index (χ0n) is 16.3. The van der Waals surface area contributed by atoms with Gasteiger partial charge in [0.1, 0.15) is 5.75 Å². The predicted octanol–water partition coefficient (Wildman–Crippen LogP) is 3.88. The number of aromatic nitrogens is 1. The lowest BCUT2D eigenvalue weighted by Crippen LogP contribution is -2.31. The Morgan fingerprint density at radius 3 is 2.48 bits per heavy atom. The van der Waals surface area contributed by atoms with Gasteiger partial charge in [-0.1, -0.05) is 0 Å². The van der Waals surface area contributed by atoms with Gasteiger partial charge in [0.2, 0.25) is 0 Å². The van der Waals surface area contributed by atoms with Crippen molar-refractivity contribution < 1.29 is 9.53 Å². The monoisotopic (exact) mass is 366 g/mol. The highest BCUT2D eigenvalue weighted by atomic mass is 16.5. The van der Waals surface area contributed by atoms with Gasteiger partial charge in [-0.25, -0.2) is 4.79 Å². The maximum atomic E-state index is 12.6. The second-order valence-corrected chi connectivity index (χ2v) is 6.77. The van der Waals surface area contributed by atoms with Crippen LogP contribution < -0.4 is 15.0 Å². The quantitative estimate of drug-likeness (QED) is 0.720. The van der Waals surface area contributed by atoms with E-state index in [0.717, 1.165) is 35.6 Å². The first kappa shape index (κ1) is 18.8. The maximum absolute atomic E-state index is 12.6. The average molecular weight is 366 g/mol. The van der Waals surface area contributed by atoms with E-state index in [4.69, 9.17) is 4.74 Å². The van der Waals surface area contributed by atoms with Crippen LogP contribution in [0.2, 0.25) is 0 Å². The fourth-order valence-electron chi connectivity index (χ4n) is 2.91. The van der Waals surface area contributed by atoms with E-state index in [1.165, 1.54) is 5.52 Å².